The Balaban J connectivity index is 1.53. The summed E-state index contributed by atoms with van der Waals surface area (Å²) in [5.74, 6) is 0.892. The fraction of sp³-hybridized carbons (Fsp3) is 0.348. The highest BCUT2D eigenvalue weighted by atomic mass is 32.2. The number of aryl methyl sites for hydroxylation is 1. The van der Waals surface area contributed by atoms with Gasteiger partial charge in [0.25, 0.3) is 0 Å². The molecule has 2 nitrogen and oxygen atoms in total. The second-order valence-electron chi connectivity index (χ2n) is 6.48. The van der Waals surface area contributed by atoms with Gasteiger partial charge in [-0.05, 0) is 55.1 Å². The van der Waals surface area contributed by atoms with Crippen LogP contribution in [-0.2, 0) is 16.0 Å². The van der Waals surface area contributed by atoms with Crippen LogP contribution in [0, 0.1) is 0 Å². The molecule has 3 rings (SSSR count). The van der Waals surface area contributed by atoms with Crippen LogP contribution < -0.4 is 0 Å². The molecule has 0 aliphatic heterocycles. The minimum atomic E-state index is -0.128. The molecule has 1 unspecified atom stereocenters. The van der Waals surface area contributed by atoms with E-state index in [0.29, 0.717) is 6.61 Å². The second-order valence-corrected chi connectivity index (χ2v) is 7.79. The summed E-state index contributed by atoms with van der Waals surface area (Å²) in [5, 5.41) is 0.284. The Bertz CT molecular complexity index is 735. The molecule has 0 fully saturated rings. The normalized spacial score (nSPS) is 16.8. The molecule has 26 heavy (non-hydrogen) atoms. The van der Waals surface area contributed by atoms with Crippen molar-refractivity contribution < 1.29 is 9.53 Å². The minimum Gasteiger partial charge on any atom is -0.463 e. The SMILES string of the molecule is CCOC(=O)C1=CCCCC1SCCc1ccc(-c2ccccc2)cc1. The smallest absolute Gasteiger partial charge is 0.334 e. The molecule has 136 valence electrons. The average molecular weight is 367 g/mol. The van der Waals surface area contributed by atoms with E-state index in [1.807, 2.05) is 24.8 Å². The van der Waals surface area contributed by atoms with Crippen LogP contribution in [-0.4, -0.2) is 23.6 Å². The van der Waals surface area contributed by atoms with Gasteiger partial charge in [0.2, 0.25) is 0 Å². The van der Waals surface area contributed by atoms with Crippen molar-refractivity contribution in [3.63, 3.8) is 0 Å². The van der Waals surface area contributed by atoms with Crippen molar-refractivity contribution >= 4 is 17.7 Å². The Labute approximate surface area is 160 Å². The molecule has 0 spiro atoms. The van der Waals surface area contributed by atoms with Crippen LogP contribution >= 0.6 is 11.8 Å². The second kappa shape index (κ2) is 9.63. The van der Waals surface area contributed by atoms with Crippen LogP contribution in [0.15, 0.2) is 66.2 Å². The van der Waals surface area contributed by atoms with Gasteiger partial charge in [-0.2, -0.15) is 11.8 Å². The third kappa shape index (κ3) is 5.01. The monoisotopic (exact) mass is 366 g/mol. The molecule has 0 amide bonds. The number of benzene rings is 2. The van der Waals surface area contributed by atoms with Gasteiger partial charge in [-0.1, -0.05) is 60.7 Å². The maximum Gasteiger partial charge on any atom is 0.334 e. The summed E-state index contributed by atoms with van der Waals surface area (Å²) >= 11 is 1.89. The molecule has 0 N–H and O–H groups in total. The molecule has 0 saturated heterocycles. The first kappa shape index (κ1) is 18.8. The predicted molar refractivity (Wildman–Crippen MR) is 110 cm³/mol. The van der Waals surface area contributed by atoms with E-state index >= 15 is 0 Å². The number of rotatable bonds is 7. The average Bonchev–Trinajstić information content (AvgIpc) is 2.70. The van der Waals surface area contributed by atoms with Crippen molar-refractivity contribution in [1.29, 1.82) is 0 Å². The summed E-state index contributed by atoms with van der Waals surface area (Å²) in [5.41, 5.74) is 4.72. The van der Waals surface area contributed by atoms with Gasteiger partial charge in [0, 0.05) is 10.8 Å². The van der Waals surface area contributed by atoms with Crippen molar-refractivity contribution in [3.05, 3.63) is 71.8 Å². The highest BCUT2D eigenvalue weighted by Gasteiger charge is 2.24. The molecule has 0 bridgehead atoms. The lowest BCUT2D eigenvalue weighted by Crippen LogP contribution is -2.21. The Morgan fingerprint density at radius 1 is 1.08 bits per heavy atom. The summed E-state index contributed by atoms with van der Waals surface area (Å²) in [4.78, 5) is 12.1. The lowest BCUT2D eigenvalue weighted by molar-refractivity contribution is -0.138. The number of thioether (sulfide) groups is 1. The van der Waals surface area contributed by atoms with Crippen molar-refractivity contribution in [3.8, 4) is 11.1 Å². The summed E-state index contributed by atoms with van der Waals surface area (Å²) in [6.07, 6.45) is 6.32. The summed E-state index contributed by atoms with van der Waals surface area (Å²) in [7, 11) is 0. The van der Waals surface area contributed by atoms with Crippen LogP contribution in [0.25, 0.3) is 11.1 Å². The van der Waals surface area contributed by atoms with E-state index < -0.39 is 0 Å². The minimum absolute atomic E-state index is 0.128. The Morgan fingerprint density at radius 2 is 1.81 bits per heavy atom. The maximum atomic E-state index is 12.1. The highest BCUT2D eigenvalue weighted by molar-refractivity contribution is 8.00. The number of hydrogen-bond acceptors (Lipinski definition) is 3. The number of carbonyl (C=O) groups is 1. The predicted octanol–water partition coefficient (Wildman–Crippen LogP) is 5.67. The van der Waals surface area contributed by atoms with Gasteiger partial charge in [-0.25, -0.2) is 4.79 Å². The molecule has 1 aliphatic carbocycles. The van der Waals surface area contributed by atoms with Crippen LogP contribution in [0.5, 0.6) is 0 Å². The zero-order valence-corrected chi connectivity index (χ0v) is 16.1. The van der Waals surface area contributed by atoms with Gasteiger partial charge >= 0.3 is 5.97 Å². The van der Waals surface area contributed by atoms with Gasteiger partial charge in [-0.15, -0.1) is 0 Å². The molecule has 2 aromatic carbocycles. The van der Waals surface area contributed by atoms with Crippen molar-refractivity contribution in [2.24, 2.45) is 0 Å². The topological polar surface area (TPSA) is 26.3 Å². The standard InChI is InChI=1S/C23H26O2S/c1-2-25-23(24)21-10-6-7-11-22(21)26-17-16-18-12-14-20(15-13-18)19-8-4-3-5-9-19/h3-5,8-10,12-15,22H,2,6-7,11,16-17H2,1H3. The molecule has 3 heteroatoms. The lowest BCUT2D eigenvalue weighted by Gasteiger charge is -2.22. The van der Waals surface area contributed by atoms with Gasteiger partial charge in [0.1, 0.15) is 0 Å². The summed E-state index contributed by atoms with van der Waals surface area (Å²) < 4.78 is 5.21. The third-order valence-corrected chi connectivity index (χ3v) is 6.00. The number of ether oxygens (including phenoxy) is 1. The third-order valence-electron chi connectivity index (χ3n) is 4.66. The Hall–Kier alpha value is -2.00. The number of allylic oxidation sites excluding steroid dienone is 1. The van der Waals surface area contributed by atoms with E-state index in [1.54, 1.807) is 0 Å². The molecular weight excluding hydrogens is 340 g/mol. The van der Waals surface area contributed by atoms with Crippen LogP contribution in [0.2, 0.25) is 0 Å². The largest absolute Gasteiger partial charge is 0.463 e. The van der Waals surface area contributed by atoms with Gasteiger partial charge < -0.3 is 4.74 Å². The van der Waals surface area contributed by atoms with Crippen LogP contribution in [0.1, 0.15) is 31.7 Å². The number of esters is 1. The van der Waals surface area contributed by atoms with E-state index in [4.69, 9.17) is 4.74 Å². The highest BCUT2D eigenvalue weighted by Crippen LogP contribution is 2.31. The fourth-order valence-corrected chi connectivity index (χ4v) is 4.61. The first-order valence-corrected chi connectivity index (χ1v) is 10.5. The summed E-state index contributed by atoms with van der Waals surface area (Å²) in [6.45, 7) is 2.31. The molecule has 2 aromatic rings. The van der Waals surface area contributed by atoms with E-state index in [2.05, 4.69) is 54.6 Å². The summed E-state index contributed by atoms with van der Waals surface area (Å²) in [6, 6.07) is 19.3. The number of carbonyl (C=O) groups excluding carboxylic acids is 1. The lowest BCUT2D eigenvalue weighted by atomic mass is 9.99. The quantitative estimate of drug-likeness (QED) is 0.591. The van der Waals surface area contributed by atoms with E-state index in [1.165, 1.54) is 16.7 Å². The van der Waals surface area contributed by atoms with E-state index in [-0.39, 0.29) is 11.2 Å². The van der Waals surface area contributed by atoms with E-state index in [9.17, 15) is 4.79 Å². The van der Waals surface area contributed by atoms with Gasteiger partial charge in [0.05, 0.1) is 6.61 Å². The zero-order chi connectivity index (χ0) is 18.2. The van der Waals surface area contributed by atoms with Gasteiger partial charge in [-0.3, -0.25) is 0 Å². The molecule has 1 aliphatic rings. The Morgan fingerprint density at radius 3 is 2.54 bits per heavy atom. The molecule has 0 aromatic heterocycles. The molecule has 0 saturated carbocycles. The van der Waals surface area contributed by atoms with Crippen LogP contribution in [0.4, 0.5) is 0 Å². The van der Waals surface area contributed by atoms with Crippen LogP contribution in [0.3, 0.4) is 0 Å². The Kier molecular flexibility index (Phi) is 6.96. The first-order chi connectivity index (χ1) is 12.8. The molecule has 1 atom stereocenters. The van der Waals surface area contributed by atoms with Crippen molar-refractivity contribution in [2.45, 2.75) is 37.9 Å². The maximum absolute atomic E-state index is 12.1. The zero-order valence-electron chi connectivity index (χ0n) is 15.3. The number of hydrogen-bond donors (Lipinski definition) is 0. The molecule has 0 heterocycles. The van der Waals surface area contributed by atoms with Crippen molar-refractivity contribution in [2.75, 3.05) is 12.4 Å². The fourth-order valence-electron chi connectivity index (χ4n) is 3.26. The first-order valence-electron chi connectivity index (χ1n) is 9.41. The molecule has 0 radical (unpaired) electrons. The van der Waals surface area contributed by atoms with Gasteiger partial charge in [0.15, 0.2) is 0 Å². The van der Waals surface area contributed by atoms with E-state index in [0.717, 1.165) is 37.0 Å². The van der Waals surface area contributed by atoms with Crippen molar-refractivity contribution in [1.82, 2.24) is 0 Å². The molecular formula is C23H26O2S.